The lowest BCUT2D eigenvalue weighted by molar-refractivity contribution is -0.126. The Morgan fingerprint density at radius 3 is 2.79 bits per heavy atom. The second-order valence-corrected chi connectivity index (χ2v) is 11.7. The van der Waals surface area contributed by atoms with E-state index >= 15 is 0 Å². The van der Waals surface area contributed by atoms with E-state index in [9.17, 15) is 13.2 Å². The van der Waals surface area contributed by atoms with E-state index in [-0.39, 0.29) is 29.8 Å². The molecule has 0 bridgehead atoms. The predicted molar refractivity (Wildman–Crippen MR) is 123 cm³/mol. The molecule has 0 aromatic carbocycles. The van der Waals surface area contributed by atoms with Gasteiger partial charge in [0.05, 0.1) is 22.2 Å². The highest BCUT2D eigenvalue weighted by atomic mass is 32.2. The van der Waals surface area contributed by atoms with E-state index in [1.54, 1.807) is 13.0 Å². The van der Waals surface area contributed by atoms with Crippen LogP contribution in [0.5, 0.6) is 0 Å². The highest BCUT2D eigenvalue weighted by Gasteiger charge is 2.35. The molecule has 1 amide bonds. The predicted octanol–water partition coefficient (Wildman–Crippen LogP) is 3.85. The monoisotopic (exact) mass is 492 g/mol. The molecule has 1 fully saturated rings. The van der Waals surface area contributed by atoms with E-state index in [0.717, 1.165) is 5.76 Å². The Balaban J connectivity index is 1.47. The molecule has 1 aliphatic rings. The van der Waals surface area contributed by atoms with Crippen LogP contribution < -0.4 is 5.32 Å². The van der Waals surface area contributed by atoms with Gasteiger partial charge in [0.2, 0.25) is 27.6 Å². The van der Waals surface area contributed by atoms with Crippen molar-refractivity contribution in [2.24, 2.45) is 5.92 Å². The van der Waals surface area contributed by atoms with E-state index in [2.05, 4.69) is 15.5 Å². The molecule has 3 aromatic heterocycles. The molecular weight excluding hydrogens is 464 g/mol. The Hall–Kier alpha value is -2.50. The number of aryl methyl sites for hydroxylation is 2. The standard InChI is InChI=1S/C22H28N4O5S2/c1-13(2)22-24-20(25-31-22)18-10-19(15(4)32-18)33(28,29)26-9-5-6-16(12-26)21(27)23-11-17-8-7-14(3)30-17/h7-8,10,13,16H,5-6,9,11-12H2,1-4H3,(H,23,27)/t16-/m1/s1. The van der Waals surface area contributed by atoms with Crippen molar-refractivity contribution in [1.82, 2.24) is 19.8 Å². The number of furan rings is 1. The van der Waals surface area contributed by atoms with E-state index < -0.39 is 15.9 Å². The quantitative estimate of drug-likeness (QED) is 0.532. The third-order valence-corrected chi connectivity index (χ3v) is 8.80. The number of rotatable bonds is 7. The van der Waals surface area contributed by atoms with Gasteiger partial charge in [0.25, 0.3) is 0 Å². The molecule has 1 saturated heterocycles. The number of nitrogens with zero attached hydrogens (tertiary/aromatic N) is 3. The molecule has 0 radical (unpaired) electrons. The summed E-state index contributed by atoms with van der Waals surface area (Å²) in [7, 11) is -3.76. The number of hydrogen-bond donors (Lipinski definition) is 1. The molecule has 178 valence electrons. The first-order valence-corrected chi connectivity index (χ1v) is 13.2. The maximum atomic E-state index is 13.4. The SMILES string of the molecule is Cc1ccc(CNC(=O)[C@@H]2CCCN(S(=O)(=O)c3cc(-c4noc(C(C)C)n4)sc3C)C2)o1. The van der Waals surface area contributed by atoms with Crippen LogP contribution in [0.2, 0.25) is 0 Å². The Morgan fingerprint density at radius 2 is 2.12 bits per heavy atom. The number of aromatic nitrogens is 2. The smallest absolute Gasteiger partial charge is 0.244 e. The van der Waals surface area contributed by atoms with E-state index in [0.29, 0.717) is 46.6 Å². The molecule has 4 heterocycles. The molecule has 1 aliphatic heterocycles. The summed E-state index contributed by atoms with van der Waals surface area (Å²) in [5.74, 6) is 1.86. The minimum Gasteiger partial charge on any atom is -0.465 e. The number of sulfonamides is 1. The van der Waals surface area contributed by atoms with Crippen molar-refractivity contribution in [1.29, 1.82) is 0 Å². The molecule has 0 spiro atoms. The number of piperidine rings is 1. The summed E-state index contributed by atoms with van der Waals surface area (Å²) in [4.78, 5) is 18.6. The number of thiophene rings is 1. The lowest BCUT2D eigenvalue weighted by Crippen LogP contribution is -2.45. The second-order valence-electron chi connectivity index (χ2n) is 8.57. The highest BCUT2D eigenvalue weighted by molar-refractivity contribution is 7.89. The third-order valence-electron chi connectivity index (χ3n) is 5.63. The van der Waals surface area contributed by atoms with Crippen molar-refractivity contribution < 1.29 is 22.2 Å². The average molecular weight is 493 g/mol. The van der Waals surface area contributed by atoms with Gasteiger partial charge >= 0.3 is 0 Å². The zero-order valence-corrected chi connectivity index (χ0v) is 20.8. The molecule has 0 saturated carbocycles. The molecule has 9 nitrogen and oxygen atoms in total. The van der Waals surface area contributed by atoms with Gasteiger partial charge < -0.3 is 14.3 Å². The molecule has 0 aliphatic carbocycles. The van der Waals surface area contributed by atoms with Crippen LogP contribution in [0.3, 0.4) is 0 Å². The Morgan fingerprint density at radius 1 is 1.33 bits per heavy atom. The minimum absolute atomic E-state index is 0.0868. The van der Waals surface area contributed by atoms with Crippen molar-refractivity contribution in [2.45, 2.75) is 57.9 Å². The van der Waals surface area contributed by atoms with Crippen LogP contribution in [0.1, 0.15) is 54.9 Å². The summed E-state index contributed by atoms with van der Waals surface area (Å²) in [6, 6.07) is 5.26. The number of hydrogen-bond acceptors (Lipinski definition) is 8. The average Bonchev–Trinajstić information content (AvgIpc) is 3.52. The van der Waals surface area contributed by atoms with Gasteiger partial charge in [-0.05, 0) is 44.9 Å². The number of amides is 1. The fraction of sp³-hybridized carbons (Fsp3) is 0.500. The fourth-order valence-electron chi connectivity index (χ4n) is 3.81. The topological polar surface area (TPSA) is 119 Å². The zero-order valence-electron chi connectivity index (χ0n) is 19.1. The van der Waals surface area contributed by atoms with Gasteiger partial charge in [0.15, 0.2) is 0 Å². The van der Waals surface area contributed by atoms with Crippen molar-refractivity contribution in [2.75, 3.05) is 13.1 Å². The molecule has 1 atom stereocenters. The van der Waals surface area contributed by atoms with Crippen molar-refractivity contribution in [3.63, 3.8) is 0 Å². The van der Waals surface area contributed by atoms with E-state index in [4.69, 9.17) is 8.94 Å². The maximum absolute atomic E-state index is 13.4. The third kappa shape index (κ3) is 5.04. The Kier molecular flexibility index (Phi) is 6.73. The van der Waals surface area contributed by atoms with Crippen LogP contribution in [0, 0.1) is 19.8 Å². The molecule has 4 rings (SSSR count). The van der Waals surface area contributed by atoms with E-state index in [1.165, 1.54) is 15.6 Å². The van der Waals surface area contributed by atoms with Gasteiger partial charge in [-0.15, -0.1) is 11.3 Å². The largest absolute Gasteiger partial charge is 0.465 e. The van der Waals surface area contributed by atoms with Crippen LogP contribution in [0.25, 0.3) is 10.7 Å². The van der Waals surface area contributed by atoms with Crippen molar-refractivity contribution in [3.8, 4) is 10.7 Å². The molecule has 3 aromatic rings. The summed E-state index contributed by atoms with van der Waals surface area (Å²) in [5, 5.41) is 6.86. The first-order chi connectivity index (χ1) is 15.6. The Bertz CT molecular complexity index is 1240. The van der Waals surface area contributed by atoms with Gasteiger partial charge in [0.1, 0.15) is 11.5 Å². The van der Waals surface area contributed by atoms with Crippen LogP contribution in [-0.4, -0.2) is 41.9 Å². The van der Waals surface area contributed by atoms with Crippen LogP contribution in [-0.2, 0) is 21.4 Å². The van der Waals surface area contributed by atoms with Gasteiger partial charge in [-0.2, -0.15) is 9.29 Å². The normalized spacial score (nSPS) is 17.5. The maximum Gasteiger partial charge on any atom is 0.244 e. The summed E-state index contributed by atoms with van der Waals surface area (Å²) >= 11 is 1.32. The summed E-state index contributed by atoms with van der Waals surface area (Å²) in [5.41, 5.74) is 0. The molecule has 1 N–H and O–H groups in total. The van der Waals surface area contributed by atoms with Crippen LogP contribution in [0.4, 0.5) is 0 Å². The second kappa shape index (κ2) is 9.40. The summed E-state index contributed by atoms with van der Waals surface area (Å²) in [6.07, 6.45) is 1.26. The van der Waals surface area contributed by atoms with E-state index in [1.807, 2.05) is 32.9 Å². The van der Waals surface area contributed by atoms with Crippen molar-refractivity contribution >= 4 is 27.3 Å². The number of nitrogens with one attached hydrogen (secondary N) is 1. The molecular formula is C22H28N4O5S2. The van der Waals surface area contributed by atoms with Crippen LogP contribution >= 0.6 is 11.3 Å². The van der Waals surface area contributed by atoms with Gasteiger partial charge in [0, 0.05) is 23.9 Å². The minimum atomic E-state index is -3.76. The first kappa shape index (κ1) is 23.7. The fourth-order valence-corrected chi connectivity index (χ4v) is 6.82. The Labute approximate surface area is 197 Å². The summed E-state index contributed by atoms with van der Waals surface area (Å²) in [6.45, 7) is 8.32. The summed E-state index contributed by atoms with van der Waals surface area (Å²) < 4.78 is 39.0. The van der Waals surface area contributed by atoms with Gasteiger partial charge in [-0.3, -0.25) is 4.79 Å². The van der Waals surface area contributed by atoms with Crippen molar-refractivity contribution in [3.05, 3.63) is 40.5 Å². The van der Waals surface area contributed by atoms with Gasteiger partial charge in [-0.1, -0.05) is 19.0 Å². The highest BCUT2D eigenvalue weighted by Crippen LogP contribution is 2.35. The molecule has 11 heteroatoms. The lowest BCUT2D eigenvalue weighted by Gasteiger charge is -2.31. The zero-order chi connectivity index (χ0) is 23.8. The molecule has 33 heavy (non-hydrogen) atoms. The van der Waals surface area contributed by atoms with Crippen LogP contribution in [0.15, 0.2) is 32.0 Å². The molecule has 0 unspecified atom stereocenters. The number of carbonyl (C=O) groups is 1. The first-order valence-electron chi connectivity index (χ1n) is 10.9. The van der Waals surface area contributed by atoms with Gasteiger partial charge in [-0.25, -0.2) is 8.42 Å². The number of carbonyl (C=O) groups excluding carboxylic acids is 1. The lowest BCUT2D eigenvalue weighted by atomic mass is 9.99.